The molecule has 1 aliphatic heterocycles. The molecule has 1 amide bonds. The standard InChI is InChI=1S/C32H34F3NO8Se/c1-21(37)43-28-26(19-45-25-11-7-4-8-12-25)44-30(41-18-23-13-15-24(39-2)16-14-23)27(36-31(38)32(33,34)35)29(28)42-20-40-17-22-9-5-3-6-10-22/h3-16,26-30H,17-20H2,1-2H3,(H,36,38)/t26-,27-,28-,29-,30-/m1/s1. The number of amides is 1. The second-order valence-electron chi connectivity index (χ2n) is 9.98. The first kappa shape index (κ1) is 34.4. The van der Waals surface area contributed by atoms with Crippen molar-refractivity contribution in [1.29, 1.82) is 0 Å². The third kappa shape index (κ3) is 10.6. The molecule has 1 saturated heterocycles. The molecule has 0 spiro atoms. The fraction of sp³-hybridized carbons (Fsp3) is 0.375. The van der Waals surface area contributed by atoms with Gasteiger partial charge in [-0.3, -0.25) is 0 Å². The van der Waals surface area contributed by atoms with Crippen LogP contribution >= 0.6 is 0 Å². The fourth-order valence-corrected chi connectivity index (χ4v) is 6.60. The molecule has 13 heteroatoms. The molecule has 0 aliphatic carbocycles. The van der Waals surface area contributed by atoms with E-state index >= 15 is 0 Å². The summed E-state index contributed by atoms with van der Waals surface area (Å²) in [7, 11) is 1.52. The van der Waals surface area contributed by atoms with Gasteiger partial charge in [0.15, 0.2) is 0 Å². The molecule has 1 N–H and O–H groups in total. The molecule has 1 aliphatic rings. The van der Waals surface area contributed by atoms with E-state index in [2.05, 4.69) is 0 Å². The van der Waals surface area contributed by atoms with Crippen LogP contribution in [0.25, 0.3) is 0 Å². The molecule has 1 heterocycles. The Morgan fingerprint density at radius 2 is 1.51 bits per heavy atom. The van der Waals surface area contributed by atoms with Gasteiger partial charge in [0.1, 0.15) is 0 Å². The van der Waals surface area contributed by atoms with Crippen molar-refractivity contribution in [3.8, 4) is 5.75 Å². The molecule has 45 heavy (non-hydrogen) atoms. The molecular weight excluding hydrogens is 662 g/mol. The van der Waals surface area contributed by atoms with Crippen molar-refractivity contribution in [2.24, 2.45) is 0 Å². The molecule has 0 saturated carbocycles. The van der Waals surface area contributed by atoms with E-state index in [1.165, 1.54) is 14.0 Å². The van der Waals surface area contributed by atoms with Gasteiger partial charge in [0.2, 0.25) is 0 Å². The van der Waals surface area contributed by atoms with E-state index in [4.69, 9.17) is 28.4 Å². The first-order valence-corrected chi connectivity index (χ1v) is 16.1. The number of alkyl halides is 3. The number of hydrogen-bond donors (Lipinski definition) is 1. The van der Waals surface area contributed by atoms with Gasteiger partial charge in [-0.25, -0.2) is 0 Å². The molecule has 9 nitrogen and oxygen atoms in total. The number of ether oxygens (including phenoxy) is 6. The Bertz CT molecular complexity index is 1350. The Kier molecular flexibility index (Phi) is 12.8. The van der Waals surface area contributed by atoms with Gasteiger partial charge >= 0.3 is 266 Å². The summed E-state index contributed by atoms with van der Waals surface area (Å²) in [6.07, 6.45) is -9.96. The number of nitrogens with one attached hydrogen (secondary N) is 1. The summed E-state index contributed by atoms with van der Waals surface area (Å²) < 4.78 is 76.2. The SMILES string of the molecule is COc1ccc(CO[C@@H]2O[C@H](C[Se]c3ccccc3)[C@@H](OC(C)=O)[C@H](OCOCc3ccccc3)[C@H]2NC(=O)C(F)(F)F)cc1. The minimum atomic E-state index is -5.21. The zero-order valence-electron chi connectivity index (χ0n) is 24.6. The van der Waals surface area contributed by atoms with E-state index in [0.29, 0.717) is 16.6 Å². The van der Waals surface area contributed by atoms with E-state index in [0.717, 1.165) is 10.0 Å². The summed E-state index contributed by atoms with van der Waals surface area (Å²) in [5.74, 6) is -2.31. The van der Waals surface area contributed by atoms with Crippen LogP contribution in [0.2, 0.25) is 5.32 Å². The molecule has 5 atom stereocenters. The Morgan fingerprint density at radius 1 is 0.867 bits per heavy atom. The van der Waals surface area contributed by atoms with Gasteiger partial charge in [0, 0.05) is 0 Å². The topological polar surface area (TPSA) is 102 Å². The second kappa shape index (κ2) is 16.7. The molecule has 0 aromatic heterocycles. The summed E-state index contributed by atoms with van der Waals surface area (Å²) >= 11 is -0.179. The van der Waals surface area contributed by atoms with Gasteiger partial charge in [-0.05, 0) is 0 Å². The van der Waals surface area contributed by atoms with Crippen LogP contribution in [0.15, 0.2) is 84.9 Å². The van der Waals surface area contributed by atoms with E-state index in [-0.39, 0.29) is 35.0 Å². The van der Waals surface area contributed by atoms with Crippen LogP contribution in [0.3, 0.4) is 0 Å². The van der Waals surface area contributed by atoms with E-state index < -0.39 is 48.7 Å². The average Bonchev–Trinajstić information content (AvgIpc) is 3.03. The fourth-order valence-electron chi connectivity index (χ4n) is 4.55. The van der Waals surface area contributed by atoms with Gasteiger partial charge in [0.25, 0.3) is 0 Å². The Morgan fingerprint density at radius 3 is 2.13 bits per heavy atom. The van der Waals surface area contributed by atoms with E-state index in [9.17, 15) is 22.8 Å². The molecule has 0 bridgehead atoms. The Labute approximate surface area is 265 Å². The molecule has 3 aromatic carbocycles. The quantitative estimate of drug-likeness (QED) is 0.117. The van der Waals surface area contributed by atoms with Crippen molar-refractivity contribution in [2.75, 3.05) is 13.9 Å². The van der Waals surface area contributed by atoms with Gasteiger partial charge in [-0.1, -0.05) is 0 Å². The van der Waals surface area contributed by atoms with Crippen molar-refractivity contribution in [1.82, 2.24) is 5.32 Å². The van der Waals surface area contributed by atoms with Crippen LogP contribution in [0, 0.1) is 0 Å². The van der Waals surface area contributed by atoms with E-state index in [1.54, 1.807) is 24.3 Å². The van der Waals surface area contributed by atoms with E-state index in [1.807, 2.05) is 66.0 Å². The monoisotopic (exact) mass is 697 g/mol. The second-order valence-corrected chi connectivity index (χ2v) is 12.3. The van der Waals surface area contributed by atoms with Crippen LogP contribution in [-0.2, 0) is 46.5 Å². The Hall–Kier alpha value is -3.45. The number of carbonyl (C=O) groups excluding carboxylic acids is 2. The van der Waals surface area contributed by atoms with Crippen molar-refractivity contribution >= 4 is 31.3 Å². The molecule has 1 fully saturated rings. The van der Waals surface area contributed by atoms with Gasteiger partial charge in [-0.2, -0.15) is 0 Å². The maximum absolute atomic E-state index is 13.5. The van der Waals surface area contributed by atoms with Crippen LogP contribution < -0.4 is 14.5 Å². The normalized spacial score (nSPS) is 21.6. The first-order valence-electron chi connectivity index (χ1n) is 14.0. The van der Waals surface area contributed by atoms with Crippen LogP contribution in [-0.4, -0.2) is 77.6 Å². The summed E-state index contributed by atoms with van der Waals surface area (Å²) in [5.41, 5.74) is 1.52. The zero-order chi connectivity index (χ0) is 32.2. The summed E-state index contributed by atoms with van der Waals surface area (Å²) in [4.78, 5) is 24.5. The molecule has 3 aromatic rings. The number of rotatable bonds is 14. The van der Waals surface area contributed by atoms with Crippen LogP contribution in [0.5, 0.6) is 5.75 Å². The van der Waals surface area contributed by atoms with Gasteiger partial charge in [0.05, 0.1) is 0 Å². The first-order chi connectivity index (χ1) is 21.6. The summed E-state index contributed by atoms with van der Waals surface area (Å²) in [6.45, 7) is 0.883. The van der Waals surface area contributed by atoms with Gasteiger partial charge < -0.3 is 0 Å². The van der Waals surface area contributed by atoms with Crippen molar-refractivity contribution in [3.05, 3.63) is 96.1 Å². The molecule has 0 radical (unpaired) electrons. The minimum absolute atomic E-state index is 0.0704. The number of halogens is 3. The van der Waals surface area contributed by atoms with Gasteiger partial charge in [-0.15, -0.1) is 0 Å². The number of esters is 1. The van der Waals surface area contributed by atoms with Crippen molar-refractivity contribution in [3.63, 3.8) is 0 Å². The Balaban J connectivity index is 1.62. The zero-order valence-corrected chi connectivity index (χ0v) is 26.3. The van der Waals surface area contributed by atoms with Crippen molar-refractivity contribution < 1.29 is 51.2 Å². The number of benzene rings is 3. The summed E-state index contributed by atoms with van der Waals surface area (Å²) in [5, 5.41) is 2.33. The van der Waals surface area contributed by atoms with Crippen LogP contribution in [0.4, 0.5) is 13.2 Å². The molecule has 4 rings (SSSR count). The predicted molar refractivity (Wildman–Crippen MR) is 158 cm³/mol. The molecule has 242 valence electrons. The van der Waals surface area contributed by atoms with Crippen molar-refractivity contribution in [2.45, 2.75) is 62.3 Å². The number of carbonyl (C=O) groups is 2. The third-order valence-electron chi connectivity index (χ3n) is 6.69. The molecular formula is C32H34F3NO8Se. The summed E-state index contributed by atoms with van der Waals surface area (Å²) in [6, 6.07) is 24.1. The maximum atomic E-state index is 13.5. The van der Waals surface area contributed by atoms with Crippen LogP contribution in [0.1, 0.15) is 18.1 Å². The molecule has 0 unspecified atom stereocenters. The number of hydrogen-bond acceptors (Lipinski definition) is 8. The third-order valence-corrected chi connectivity index (χ3v) is 9.00. The predicted octanol–water partition coefficient (Wildman–Crippen LogP) is 3.92. The average molecular weight is 697 g/mol. The number of methoxy groups -OCH3 is 1.